The lowest BCUT2D eigenvalue weighted by atomic mass is 9.94. The van der Waals surface area contributed by atoms with Crippen LogP contribution in [-0.4, -0.2) is 129 Å². The molecule has 1 unspecified atom stereocenters. The van der Waals surface area contributed by atoms with Gasteiger partial charge in [-0.25, -0.2) is 32.6 Å². The molecule has 2 saturated carbocycles. The van der Waals surface area contributed by atoms with Crippen molar-refractivity contribution in [3.63, 3.8) is 0 Å². The van der Waals surface area contributed by atoms with E-state index in [0.717, 1.165) is 62.8 Å². The third kappa shape index (κ3) is 13.1. The molecule has 9 rings (SSSR count). The third-order valence-corrected chi connectivity index (χ3v) is 19.5. The summed E-state index contributed by atoms with van der Waals surface area (Å²) in [4.78, 5) is 35.8. The van der Waals surface area contributed by atoms with Crippen molar-refractivity contribution in [2.75, 3.05) is 32.8 Å². The molecule has 15 nitrogen and oxygen atoms in total. The quantitative estimate of drug-likeness (QED) is 0.0486. The second-order valence-corrected chi connectivity index (χ2v) is 23.9. The van der Waals surface area contributed by atoms with E-state index in [0.29, 0.717) is 73.5 Å². The Balaban J connectivity index is 0.000000224. The Morgan fingerprint density at radius 3 is 1.23 bits per heavy atom. The number of carbonyl (C=O) groups excluding carboxylic acids is 2. The summed E-state index contributed by atoms with van der Waals surface area (Å²) >= 11 is 0. The number of nitrogens with zero attached hydrogens (tertiary/aromatic N) is 2. The van der Waals surface area contributed by atoms with Crippen LogP contribution >= 0.6 is 12.4 Å². The van der Waals surface area contributed by atoms with Gasteiger partial charge in [-0.2, -0.15) is 35.1 Å². The van der Waals surface area contributed by atoms with Gasteiger partial charge in [0.25, 0.3) is 11.8 Å². The predicted molar refractivity (Wildman–Crippen MR) is 264 cm³/mol. The molecule has 3 heterocycles. The number of benzene rings is 4. The normalized spacial score (nSPS) is 20.3. The number of amides is 2. The van der Waals surface area contributed by atoms with Gasteiger partial charge in [0, 0.05) is 51.3 Å². The largest absolute Gasteiger partial charge is 0.461 e. The van der Waals surface area contributed by atoms with Crippen LogP contribution in [0.5, 0.6) is 11.5 Å². The van der Waals surface area contributed by atoms with Crippen molar-refractivity contribution < 1.29 is 85.8 Å². The van der Waals surface area contributed by atoms with Gasteiger partial charge in [0.15, 0.2) is 35.5 Å². The number of halogens is 9. The molecule has 2 amide bonds. The number of rotatable bonds is 18. The van der Waals surface area contributed by atoms with E-state index in [1.54, 1.807) is 0 Å². The number of nitrogens with one attached hydrogen (secondary N) is 2. The highest BCUT2D eigenvalue weighted by molar-refractivity contribution is 7.94. The molecule has 422 valence electrons. The van der Waals surface area contributed by atoms with Crippen molar-refractivity contribution in [1.29, 1.82) is 0 Å². The summed E-state index contributed by atoms with van der Waals surface area (Å²) in [7, 11) is -8.34. The predicted octanol–water partition coefficient (Wildman–Crippen LogP) is 9.22. The average Bonchev–Trinajstić information content (AvgIpc) is 4.40. The Labute approximate surface area is 445 Å². The van der Waals surface area contributed by atoms with Crippen molar-refractivity contribution >= 4 is 43.9 Å². The molecule has 1 atom stereocenters. The smallest absolute Gasteiger partial charge is 0.428 e. The SMILES string of the molecule is Cl.O=C(NO)C1(S(=O)(=O)c2ccc(-c3ccc(OC(F)(F)C(F)F)cc3)cc2)CCN(C2CC2)CC1.O=C(NOC1CCCCO1)C1(S(=O)(=O)c2ccc(-c3ccc(OC(F)(F)C(F)F)cc3)cc2)CCN(C2CC2)CC1. The van der Waals surface area contributed by atoms with Crippen LogP contribution in [0.1, 0.15) is 70.6 Å². The number of ether oxygens (including phenoxy) is 3. The lowest BCUT2D eigenvalue weighted by Crippen LogP contribution is -2.58. The van der Waals surface area contributed by atoms with Crippen molar-refractivity contribution in [3.8, 4) is 33.8 Å². The van der Waals surface area contributed by atoms with E-state index in [4.69, 9.17) is 9.57 Å². The maximum Gasteiger partial charge on any atom is 0.461 e. The Morgan fingerprint density at radius 2 is 0.922 bits per heavy atom. The number of piperidine rings is 2. The first-order chi connectivity index (χ1) is 36.0. The number of hydroxylamine groups is 2. The third-order valence-electron chi connectivity index (χ3n) is 14.4. The molecular weight excluding hydrogens is 1100 g/mol. The summed E-state index contributed by atoms with van der Waals surface area (Å²) in [5.41, 5.74) is 6.02. The fourth-order valence-corrected chi connectivity index (χ4v) is 13.6. The van der Waals surface area contributed by atoms with E-state index in [9.17, 15) is 66.8 Å². The van der Waals surface area contributed by atoms with Crippen LogP contribution in [0.25, 0.3) is 22.3 Å². The van der Waals surface area contributed by atoms with Crippen LogP contribution in [0.4, 0.5) is 35.1 Å². The Hall–Kier alpha value is -5.15. The minimum Gasteiger partial charge on any atom is -0.428 e. The topological polar surface area (TPSA) is 190 Å². The highest BCUT2D eigenvalue weighted by Crippen LogP contribution is 2.42. The number of alkyl halides is 8. The van der Waals surface area contributed by atoms with E-state index in [2.05, 4.69) is 24.8 Å². The van der Waals surface area contributed by atoms with Gasteiger partial charge in [-0.3, -0.25) is 14.8 Å². The number of sulfone groups is 2. The molecule has 0 bridgehead atoms. The molecule has 4 aromatic rings. The fourth-order valence-electron chi connectivity index (χ4n) is 9.67. The van der Waals surface area contributed by atoms with Crippen molar-refractivity contribution in [3.05, 3.63) is 97.1 Å². The van der Waals surface area contributed by atoms with Crippen LogP contribution in [0.15, 0.2) is 107 Å². The molecule has 4 aromatic carbocycles. The summed E-state index contributed by atoms with van der Waals surface area (Å²) in [6.07, 6.45) is -10.9. The number of likely N-dealkylation sites (tertiary alicyclic amines) is 2. The molecule has 77 heavy (non-hydrogen) atoms. The zero-order chi connectivity index (χ0) is 54.7. The van der Waals surface area contributed by atoms with Gasteiger partial charge >= 0.3 is 25.1 Å². The van der Waals surface area contributed by atoms with E-state index in [-0.39, 0.29) is 47.9 Å². The molecule has 26 heteroatoms. The number of hydrogen-bond acceptors (Lipinski definition) is 13. The number of carbonyl (C=O) groups is 2. The highest BCUT2D eigenvalue weighted by atomic mass is 35.5. The monoisotopic (exact) mass is 1150 g/mol. The Bertz CT molecular complexity index is 2870. The van der Waals surface area contributed by atoms with Gasteiger partial charge in [-0.1, -0.05) is 48.5 Å². The molecule has 0 aromatic heterocycles. The molecule has 5 aliphatic rings. The summed E-state index contributed by atoms with van der Waals surface area (Å²) in [5.74, 6) is -2.58. The first-order valence-electron chi connectivity index (χ1n) is 24.6. The Morgan fingerprint density at radius 1 is 0.571 bits per heavy atom. The molecule has 3 aliphatic heterocycles. The minimum atomic E-state index is -4.62. The summed E-state index contributed by atoms with van der Waals surface area (Å²) in [6.45, 7) is 2.29. The van der Waals surface area contributed by atoms with Crippen LogP contribution in [-0.2, 0) is 38.8 Å². The van der Waals surface area contributed by atoms with E-state index in [1.807, 2.05) is 0 Å². The molecule has 0 radical (unpaired) electrons. The lowest BCUT2D eigenvalue weighted by Gasteiger charge is -2.40. The van der Waals surface area contributed by atoms with Gasteiger partial charge in [0.2, 0.25) is 0 Å². The van der Waals surface area contributed by atoms with Crippen LogP contribution in [0.2, 0.25) is 0 Å². The molecule has 3 saturated heterocycles. The lowest BCUT2D eigenvalue weighted by molar-refractivity contribution is -0.253. The zero-order valence-corrected chi connectivity index (χ0v) is 43.6. The first kappa shape index (κ1) is 59.5. The molecule has 2 aliphatic carbocycles. The van der Waals surface area contributed by atoms with Crippen LogP contribution < -0.4 is 20.4 Å². The average molecular weight is 1150 g/mol. The Kier molecular flexibility index (Phi) is 18.6. The van der Waals surface area contributed by atoms with E-state index >= 15 is 0 Å². The second-order valence-electron chi connectivity index (χ2n) is 19.3. The summed E-state index contributed by atoms with van der Waals surface area (Å²) in [5, 5.41) is 9.29. The summed E-state index contributed by atoms with van der Waals surface area (Å²) in [6, 6.07) is 22.3. The molecule has 5 fully saturated rings. The van der Waals surface area contributed by atoms with Crippen LogP contribution in [0, 0.1) is 0 Å². The van der Waals surface area contributed by atoms with E-state index in [1.165, 1.54) is 78.3 Å². The second kappa shape index (κ2) is 24.1. The van der Waals surface area contributed by atoms with Gasteiger partial charge in [-0.05, 0) is 135 Å². The van der Waals surface area contributed by atoms with Crippen molar-refractivity contribution in [1.82, 2.24) is 20.8 Å². The maximum absolute atomic E-state index is 14.1. The van der Waals surface area contributed by atoms with Gasteiger partial charge in [0.05, 0.1) is 9.79 Å². The standard InChI is InChI=1S/C28H32F4N2O6S.C23H24F4N2O5S.ClH/c29-25(30)28(31,32)39-22-10-4-19(5-11-22)20-6-12-23(13-7-20)41(36,37)27(14-16-34(17-15-27)21-8-9-21)26(35)33-40-24-3-1-2-18-38-24;24-20(25)23(26,27)34-18-7-1-15(2-8-18)16-3-9-19(10-4-16)35(32,33)22(21(30)28-31)11-13-29(14-12-22)17-5-6-17;/h4-7,10-13,21,24-25H,1-3,8-9,14-18H2,(H,33,35);1-4,7-10,17,20,31H,5-6,11-14H2,(H,28,30);1H. The van der Waals surface area contributed by atoms with Gasteiger partial charge in [-0.15, -0.1) is 12.4 Å². The van der Waals surface area contributed by atoms with Gasteiger partial charge < -0.3 is 24.0 Å². The first-order valence-corrected chi connectivity index (χ1v) is 27.6. The maximum atomic E-state index is 14.1. The fraction of sp³-hybridized carbons (Fsp3) is 0.490. The zero-order valence-electron chi connectivity index (χ0n) is 41.1. The molecule has 3 N–H and O–H groups in total. The van der Waals surface area contributed by atoms with Crippen LogP contribution in [0.3, 0.4) is 0 Å². The minimum absolute atomic E-state index is 0. The van der Waals surface area contributed by atoms with Gasteiger partial charge in [0.1, 0.15) is 11.5 Å². The highest BCUT2D eigenvalue weighted by Gasteiger charge is 2.56. The van der Waals surface area contributed by atoms with Crippen molar-refractivity contribution in [2.24, 2.45) is 0 Å². The molecule has 0 spiro atoms. The van der Waals surface area contributed by atoms with E-state index < -0.39 is 83.8 Å². The van der Waals surface area contributed by atoms with Crippen molar-refractivity contribution in [2.45, 2.75) is 133 Å². The summed E-state index contributed by atoms with van der Waals surface area (Å²) < 4.78 is 167. The number of hydrogen-bond donors (Lipinski definition) is 3. The molecular formula is C51H57ClF8N4O11S2.